The fourth-order valence-electron chi connectivity index (χ4n) is 4.53. The summed E-state index contributed by atoms with van der Waals surface area (Å²) in [5.74, 6) is -0.756. The molecule has 0 bridgehead atoms. The zero-order chi connectivity index (χ0) is 22.2. The van der Waals surface area contributed by atoms with Crippen molar-refractivity contribution < 1.29 is 14.3 Å². The van der Waals surface area contributed by atoms with Gasteiger partial charge in [-0.1, -0.05) is 72.2 Å². The average Bonchev–Trinajstić information content (AvgIpc) is 2.71. The van der Waals surface area contributed by atoms with Crippen LogP contribution in [0, 0.1) is 5.41 Å². The lowest BCUT2D eigenvalue weighted by Gasteiger charge is -2.39. The van der Waals surface area contributed by atoms with Gasteiger partial charge in [0.2, 0.25) is 0 Å². The van der Waals surface area contributed by atoms with Crippen LogP contribution >= 0.6 is 15.9 Å². The van der Waals surface area contributed by atoms with Crippen molar-refractivity contribution in [2.75, 3.05) is 0 Å². The van der Waals surface area contributed by atoms with Crippen LogP contribution in [0.5, 0.6) is 0 Å². The van der Waals surface area contributed by atoms with Gasteiger partial charge in [-0.25, -0.2) is 4.79 Å². The van der Waals surface area contributed by atoms with E-state index in [2.05, 4.69) is 35.1 Å². The molecule has 0 aromatic heterocycles. The molecular weight excluding hydrogens is 454 g/mol. The molecular formula is C26H26BrNO3. The lowest BCUT2D eigenvalue weighted by Crippen LogP contribution is -2.38. The summed E-state index contributed by atoms with van der Waals surface area (Å²) < 4.78 is 6.60. The topological polar surface area (TPSA) is 55.4 Å². The van der Waals surface area contributed by atoms with Crippen molar-refractivity contribution in [1.82, 2.24) is 5.32 Å². The number of hydrogen-bond acceptors (Lipinski definition) is 4. The zero-order valence-corrected chi connectivity index (χ0v) is 19.6. The molecule has 1 aliphatic carbocycles. The molecule has 0 radical (unpaired) electrons. The van der Waals surface area contributed by atoms with Crippen molar-refractivity contribution >= 4 is 27.7 Å². The van der Waals surface area contributed by atoms with E-state index < -0.39 is 11.9 Å². The summed E-state index contributed by atoms with van der Waals surface area (Å²) in [6.45, 7) is 6.29. The van der Waals surface area contributed by atoms with Crippen LogP contribution in [0.4, 0.5) is 0 Å². The van der Waals surface area contributed by atoms with Crippen LogP contribution in [0.15, 0.2) is 81.6 Å². The minimum Gasteiger partial charge on any atom is -0.457 e. The summed E-state index contributed by atoms with van der Waals surface area (Å²) in [7, 11) is 0. The molecule has 0 fully saturated rings. The van der Waals surface area contributed by atoms with Gasteiger partial charge in [0.05, 0.1) is 5.57 Å². The Balaban J connectivity index is 1.74. The third-order valence-corrected chi connectivity index (χ3v) is 6.35. The molecule has 2 aromatic rings. The lowest BCUT2D eigenvalue weighted by atomic mass is 9.68. The molecule has 1 heterocycles. The predicted octanol–water partition coefficient (Wildman–Crippen LogP) is 5.80. The van der Waals surface area contributed by atoms with Crippen LogP contribution in [-0.4, -0.2) is 11.8 Å². The quantitative estimate of drug-likeness (QED) is 0.563. The highest BCUT2D eigenvalue weighted by Crippen LogP contribution is 2.47. The number of carbonyl (C=O) groups excluding carboxylic acids is 2. The number of ether oxygens (including phenoxy) is 1. The second-order valence-corrected chi connectivity index (χ2v) is 9.96. The Morgan fingerprint density at radius 3 is 2.58 bits per heavy atom. The number of nitrogens with one attached hydrogen (secondary N) is 1. The van der Waals surface area contributed by atoms with Gasteiger partial charge < -0.3 is 10.1 Å². The number of dihydropyridines is 1. The number of Topliss-reactive ketones (excluding diaryl/α,β-unsaturated/α-hetero) is 1. The van der Waals surface area contributed by atoms with Crippen LogP contribution in [0.2, 0.25) is 0 Å². The molecule has 1 aliphatic heterocycles. The zero-order valence-electron chi connectivity index (χ0n) is 18.0. The van der Waals surface area contributed by atoms with Gasteiger partial charge in [0.15, 0.2) is 5.78 Å². The Bertz CT molecular complexity index is 1100. The van der Waals surface area contributed by atoms with Gasteiger partial charge in [-0.3, -0.25) is 4.79 Å². The van der Waals surface area contributed by atoms with Crippen molar-refractivity contribution in [2.45, 2.75) is 46.1 Å². The molecule has 2 aromatic carbocycles. The molecule has 0 spiro atoms. The number of carbonyl (C=O) groups is 2. The summed E-state index contributed by atoms with van der Waals surface area (Å²) in [6.07, 6.45) is 1.23. The highest BCUT2D eigenvalue weighted by atomic mass is 79.9. The Labute approximate surface area is 191 Å². The first-order chi connectivity index (χ1) is 14.7. The van der Waals surface area contributed by atoms with Gasteiger partial charge in [0.1, 0.15) is 6.61 Å². The number of allylic oxidation sites excluding steroid dienone is 3. The van der Waals surface area contributed by atoms with Gasteiger partial charge in [0, 0.05) is 33.8 Å². The van der Waals surface area contributed by atoms with Gasteiger partial charge >= 0.3 is 5.97 Å². The van der Waals surface area contributed by atoms with Crippen molar-refractivity contribution in [3.8, 4) is 0 Å². The smallest absolute Gasteiger partial charge is 0.337 e. The largest absolute Gasteiger partial charge is 0.457 e. The van der Waals surface area contributed by atoms with E-state index in [0.717, 1.165) is 33.4 Å². The molecule has 4 rings (SSSR count). The third kappa shape index (κ3) is 4.52. The number of rotatable bonds is 4. The van der Waals surface area contributed by atoms with Crippen molar-refractivity contribution in [2.24, 2.45) is 5.41 Å². The normalized spacial score (nSPS) is 20.3. The molecule has 1 N–H and O–H groups in total. The molecule has 1 atom stereocenters. The lowest BCUT2D eigenvalue weighted by molar-refractivity contribution is -0.140. The summed E-state index contributed by atoms with van der Waals surface area (Å²) in [5.41, 5.74) is 4.57. The van der Waals surface area contributed by atoms with Gasteiger partial charge in [-0.2, -0.15) is 0 Å². The molecule has 0 saturated carbocycles. The minimum atomic E-state index is -0.444. The number of benzene rings is 2. The third-order valence-electron chi connectivity index (χ3n) is 5.85. The Morgan fingerprint density at radius 1 is 1.13 bits per heavy atom. The highest BCUT2D eigenvalue weighted by Gasteiger charge is 2.43. The van der Waals surface area contributed by atoms with E-state index in [1.807, 2.05) is 61.5 Å². The molecule has 0 unspecified atom stereocenters. The van der Waals surface area contributed by atoms with Crippen LogP contribution in [0.3, 0.4) is 0 Å². The van der Waals surface area contributed by atoms with Crippen LogP contribution < -0.4 is 5.32 Å². The van der Waals surface area contributed by atoms with Crippen molar-refractivity contribution in [3.63, 3.8) is 0 Å². The van der Waals surface area contributed by atoms with Gasteiger partial charge in [0.25, 0.3) is 0 Å². The summed E-state index contributed by atoms with van der Waals surface area (Å²) in [5, 5.41) is 3.37. The maximum absolute atomic E-state index is 13.3. The summed E-state index contributed by atoms with van der Waals surface area (Å²) >= 11 is 3.53. The SMILES string of the molecule is CC1=C(C(=O)OCc2ccccc2)[C@H](c2cccc(Br)c2)C2=C(CC(C)(C)CC2=O)N1. The van der Waals surface area contributed by atoms with Crippen LogP contribution in [0.25, 0.3) is 0 Å². The molecule has 4 nitrogen and oxygen atoms in total. The predicted molar refractivity (Wildman–Crippen MR) is 124 cm³/mol. The van der Waals surface area contributed by atoms with Gasteiger partial charge in [-0.05, 0) is 42.0 Å². The standard InChI is InChI=1S/C26H26BrNO3/c1-16-22(25(30)31-15-17-8-5-4-6-9-17)23(18-10-7-11-19(27)12-18)24-20(28-16)13-26(2,3)14-21(24)29/h4-12,23,28H,13-15H2,1-3H3/t23-/m0/s1. The Hall–Kier alpha value is -2.66. The second-order valence-electron chi connectivity index (χ2n) is 9.05. The van der Waals surface area contributed by atoms with Crippen LogP contribution in [-0.2, 0) is 20.9 Å². The Kier molecular flexibility index (Phi) is 5.89. The number of hydrogen-bond donors (Lipinski definition) is 1. The van der Waals surface area contributed by atoms with Gasteiger partial charge in [-0.15, -0.1) is 0 Å². The van der Waals surface area contributed by atoms with E-state index in [1.54, 1.807) is 0 Å². The maximum Gasteiger partial charge on any atom is 0.337 e. The van der Waals surface area contributed by atoms with E-state index in [-0.39, 0.29) is 17.8 Å². The summed E-state index contributed by atoms with van der Waals surface area (Å²) in [4.78, 5) is 26.6. The molecule has 0 saturated heterocycles. The fraction of sp³-hybridized carbons (Fsp3) is 0.308. The molecule has 0 amide bonds. The molecule has 2 aliphatic rings. The van der Waals surface area contributed by atoms with E-state index in [4.69, 9.17) is 4.74 Å². The number of halogens is 1. The van der Waals surface area contributed by atoms with E-state index in [9.17, 15) is 9.59 Å². The van der Waals surface area contributed by atoms with Crippen molar-refractivity contribution in [1.29, 1.82) is 0 Å². The molecule has 160 valence electrons. The second kappa shape index (κ2) is 8.46. The monoisotopic (exact) mass is 479 g/mol. The number of esters is 1. The first-order valence-electron chi connectivity index (χ1n) is 10.5. The Morgan fingerprint density at radius 2 is 1.87 bits per heavy atom. The minimum absolute atomic E-state index is 0.0876. The molecule has 31 heavy (non-hydrogen) atoms. The first kappa shape index (κ1) is 21.6. The van der Waals surface area contributed by atoms with E-state index in [1.165, 1.54) is 0 Å². The van der Waals surface area contributed by atoms with Crippen molar-refractivity contribution in [3.05, 3.63) is 92.7 Å². The number of ketones is 1. The van der Waals surface area contributed by atoms with Crippen LogP contribution in [0.1, 0.15) is 50.7 Å². The fourth-order valence-corrected chi connectivity index (χ4v) is 4.94. The average molecular weight is 480 g/mol. The van der Waals surface area contributed by atoms with E-state index in [0.29, 0.717) is 17.6 Å². The highest BCUT2D eigenvalue weighted by molar-refractivity contribution is 9.10. The maximum atomic E-state index is 13.3. The van der Waals surface area contributed by atoms with E-state index >= 15 is 0 Å². The first-order valence-corrected chi connectivity index (χ1v) is 11.2. The summed E-state index contributed by atoms with van der Waals surface area (Å²) in [6, 6.07) is 17.4. The molecule has 5 heteroatoms.